The first kappa shape index (κ1) is 22.2. The molecular formula is C24H16ClFN2O5. The lowest BCUT2D eigenvalue weighted by Gasteiger charge is -2.16. The van der Waals surface area contributed by atoms with Crippen molar-refractivity contribution in [1.82, 2.24) is 0 Å². The van der Waals surface area contributed by atoms with Crippen molar-refractivity contribution in [1.29, 1.82) is 0 Å². The number of halogens is 2. The maximum absolute atomic E-state index is 13.8. The van der Waals surface area contributed by atoms with E-state index >= 15 is 0 Å². The highest BCUT2D eigenvalue weighted by Gasteiger charge is 2.37. The zero-order chi connectivity index (χ0) is 23.7. The van der Waals surface area contributed by atoms with Crippen molar-refractivity contribution < 1.29 is 28.3 Å². The third kappa shape index (κ3) is 4.33. The molecule has 0 bridgehead atoms. The molecule has 0 fully saturated rings. The second-order valence-corrected chi connectivity index (χ2v) is 7.68. The Bertz CT molecular complexity index is 1320. The Labute approximate surface area is 192 Å². The van der Waals surface area contributed by atoms with Gasteiger partial charge in [-0.05, 0) is 55.0 Å². The monoisotopic (exact) mass is 466 g/mol. The molecule has 3 aromatic carbocycles. The molecule has 166 valence electrons. The van der Waals surface area contributed by atoms with Crippen LogP contribution in [0.15, 0.2) is 60.7 Å². The molecule has 9 heteroatoms. The predicted octanol–water partition coefficient (Wildman–Crippen LogP) is 4.38. The quantitative estimate of drug-likeness (QED) is 0.445. The Morgan fingerprint density at radius 3 is 2.45 bits per heavy atom. The molecule has 0 saturated heterocycles. The fourth-order valence-electron chi connectivity index (χ4n) is 3.39. The molecule has 0 saturated carbocycles. The number of imide groups is 1. The number of esters is 1. The van der Waals surface area contributed by atoms with Crippen molar-refractivity contribution in [2.45, 2.75) is 6.92 Å². The summed E-state index contributed by atoms with van der Waals surface area (Å²) in [5.74, 6) is -3.42. The van der Waals surface area contributed by atoms with Crippen molar-refractivity contribution in [2.75, 3.05) is 16.8 Å². The number of fused-ring (bicyclic) bond motifs is 1. The third-order valence-electron chi connectivity index (χ3n) is 5.02. The summed E-state index contributed by atoms with van der Waals surface area (Å²) in [7, 11) is 0. The first-order chi connectivity index (χ1) is 15.8. The number of carbonyl (C=O) groups is 4. The summed E-state index contributed by atoms with van der Waals surface area (Å²) in [6, 6.07) is 14.6. The number of para-hydroxylation sites is 1. The second kappa shape index (κ2) is 8.84. The van der Waals surface area contributed by atoms with Gasteiger partial charge in [0.05, 0.1) is 28.1 Å². The van der Waals surface area contributed by atoms with Gasteiger partial charge in [0.15, 0.2) is 6.61 Å². The number of hydrogen-bond donors (Lipinski definition) is 1. The molecule has 1 N–H and O–H groups in total. The van der Waals surface area contributed by atoms with Crippen LogP contribution >= 0.6 is 11.6 Å². The van der Waals surface area contributed by atoms with Crippen LogP contribution in [0.25, 0.3) is 0 Å². The normalized spacial score (nSPS) is 12.5. The molecule has 3 aromatic rings. The van der Waals surface area contributed by atoms with Gasteiger partial charge >= 0.3 is 5.97 Å². The number of benzene rings is 3. The summed E-state index contributed by atoms with van der Waals surface area (Å²) in [5, 5.41) is 2.44. The van der Waals surface area contributed by atoms with Gasteiger partial charge < -0.3 is 10.1 Å². The molecule has 0 spiro atoms. The van der Waals surface area contributed by atoms with Gasteiger partial charge in [-0.25, -0.2) is 14.1 Å². The van der Waals surface area contributed by atoms with Crippen LogP contribution in [0.3, 0.4) is 0 Å². The zero-order valence-corrected chi connectivity index (χ0v) is 18.0. The summed E-state index contributed by atoms with van der Waals surface area (Å²) in [6.07, 6.45) is 0. The lowest BCUT2D eigenvalue weighted by atomic mass is 10.1. The van der Waals surface area contributed by atoms with E-state index in [4.69, 9.17) is 16.3 Å². The third-order valence-corrected chi connectivity index (χ3v) is 5.25. The molecule has 3 amide bonds. The number of aryl methyl sites for hydroxylation is 1. The molecule has 4 rings (SSSR count). The zero-order valence-electron chi connectivity index (χ0n) is 17.2. The molecule has 0 aromatic heterocycles. The Morgan fingerprint density at radius 2 is 1.73 bits per heavy atom. The largest absolute Gasteiger partial charge is 0.452 e. The van der Waals surface area contributed by atoms with Crippen molar-refractivity contribution in [3.8, 4) is 0 Å². The first-order valence-electron chi connectivity index (χ1n) is 9.77. The lowest BCUT2D eigenvalue weighted by molar-refractivity contribution is -0.119. The molecule has 33 heavy (non-hydrogen) atoms. The maximum atomic E-state index is 13.8. The van der Waals surface area contributed by atoms with Gasteiger partial charge in [0.2, 0.25) is 0 Å². The van der Waals surface area contributed by atoms with Crippen LogP contribution in [-0.4, -0.2) is 30.3 Å². The highest BCUT2D eigenvalue weighted by atomic mass is 35.5. The van der Waals surface area contributed by atoms with E-state index in [1.807, 2.05) is 0 Å². The highest BCUT2D eigenvalue weighted by molar-refractivity contribution is 6.35. The van der Waals surface area contributed by atoms with Crippen LogP contribution in [0.5, 0.6) is 0 Å². The molecule has 1 heterocycles. The van der Waals surface area contributed by atoms with Crippen LogP contribution in [0.1, 0.15) is 36.6 Å². The lowest BCUT2D eigenvalue weighted by Crippen LogP contribution is -2.29. The fraction of sp³-hybridized carbons (Fsp3) is 0.0833. The van der Waals surface area contributed by atoms with Gasteiger partial charge in [-0.1, -0.05) is 29.8 Å². The summed E-state index contributed by atoms with van der Waals surface area (Å²) in [6.45, 7) is 1.10. The average Bonchev–Trinajstić information content (AvgIpc) is 3.04. The maximum Gasteiger partial charge on any atom is 0.338 e. The van der Waals surface area contributed by atoms with Crippen LogP contribution in [0, 0.1) is 12.7 Å². The van der Waals surface area contributed by atoms with E-state index in [-0.39, 0.29) is 27.4 Å². The number of amides is 3. The molecule has 7 nitrogen and oxygen atoms in total. The highest BCUT2D eigenvalue weighted by Crippen LogP contribution is 2.31. The SMILES string of the molecule is Cc1ccccc1N1C(=O)c2ccc(C(=O)OCC(=O)Nc3ccc(Cl)cc3F)cc2C1=O. The second-order valence-electron chi connectivity index (χ2n) is 7.24. The minimum absolute atomic E-state index is 0.00740. The van der Waals surface area contributed by atoms with E-state index in [0.717, 1.165) is 16.5 Å². The summed E-state index contributed by atoms with van der Waals surface area (Å²) in [5.41, 5.74) is 1.31. The van der Waals surface area contributed by atoms with Gasteiger partial charge in [0.25, 0.3) is 17.7 Å². The molecule has 0 radical (unpaired) electrons. The van der Waals surface area contributed by atoms with Crippen molar-refractivity contribution in [2.24, 2.45) is 0 Å². The van der Waals surface area contributed by atoms with Crippen LogP contribution in [-0.2, 0) is 9.53 Å². The molecule has 0 atom stereocenters. The van der Waals surface area contributed by atoms with E-state index in [1.165, 1.54) is 30.3 Å². The van der Waals surface area contributed by atoms with Gasteiger partial charge in [0, 0.05) is 5.02 Å². The molecule has 0 unspecified atom stereocenters. The average molecular weight is 467 g/mol. The number of carbonyl (C=O) groups excluding carboxylic acids is 4. The van der Waals surface area contributed by atoms with Gasteiger partial charge in [-0.2, -0.15) is 0 Å². The Kier molecular flexibility index (Phi) is 5.93. The van der Waals surface area contributed by atoms with Gasteiger partial charge in [-0.15, -0.1) is 0 Å². The number of nitrogens with one attached hydrogen (secondary N) is 1. The summed E-state index contributed by atoms with van der Waals surface area (Å²) in [4.78, 5) is 51.1. The van der Waals surface area contributed by atoms with Crippen LogP contribution < -0.4 is 10.2 Å². The van der Waals surface area contributed by atoms with Crippen molar-refractivity contribution in [3.63, 3.8) is 0 Å². The number of hydrogen-bond acceptors (Lipinski definition) is 5. The van der Waals surface area contributed by atoms with Gasteiger partial charge in [0.1, 0.15) is 5.82 Å². The predicted molar refractivity (Wildman–Crippen MR) is 119 cm³/mol. The number of nitrogens with zero attached hydrogens (tertiary/aromatic N) is 1. The Hall–Kier alpha value is -4.04. The van der Waals surface area contributed by atoms with Crippen molar-refractivity contribution >= 4 is 46.7 Å². The molecular weight excluding hydrogens is 451 g/mol. The number of anilines is 2. The number of ether oxygens (including phenoxy) is 1. The summed E-state index contributed by atoms with van der Waals surface area (Å²) >= 11 is 5.66. The van der Waals surface area contributed by atoms with E-state index < -0.39 is 36.1 Å². The summed E-state index contributed by atoms with van der Waals surface area (Å²) < 4.78 is 18.7. The minimum atomic E-state index is -0.876. The van der Waals surface area contributed by atoms with E-state index in [1.54, 1.807) is 31.2 Å². The smallest absolute Gasteiger partial charge is 0.338 e. The molecule has 1 aliphatic rings. The first-order valence-corrected chi connectivity index (χ1v) is 10.1. The van der Waals surface area contributed by atoms with E-state index in [2.05, 4.69) is 5.32 Å². The Morgan fingerprint density at radius 1 is 1.00 bits per heavy atom. The van der Waals surface area contributed by atoms with E-state index in [0.29, 0.717) is 5.69 Å². The van der Waals surface area contributed by atoms with E-state index in [9.17, 15) is 23.6 Å². The fourth-order valence-corrected chi connectivity index (χ4v) is 3.55. The number of rotatable bonds is 5. The van der Waals surface area contributed by atoms with Crippen molar-refractivity contribution in [3.05, 3.63) is 93.8 Å². The standard InChI is InChI=1S/C24H16ClFN2O5/c1-13-4-2-3-5-20(13)28-22(30)16-8-6-14(10-17(16)23(28)31)24(32)33-12-21(29)27-19-9-7-15(25)11-18(19)26/h2-11H,12H2,1H3,(H,27,29). The topological polar surface area (TPSA) is 92.8 Å². The van der Waals surface area contributed by atoms with Gasteiger partial charge in [-0.3, -0.25) is 14.4 Å². The Balaban J connectivity index is 1.46. The van der Waals surface area contributed by atoms with Crippen LogP contribution in [0.2, 0.25) is 5.02 Å². The van der Waals surface area contributed by atoms with Crippen LogP contribution in [0.4, 0.5) is 15.8 Å². The minimum Gasteiger partial charge on any atom is -0.452 e. The molecule has 1 aliphatic heterocycles. The molecule has 0 aliphatic carbocycles.